The minimum absolute atomic E-state index is 0. The molecule has 3 N–H and O–H groups in total. The van der Waals surface area contributed by atoms with Crippen molar-refractivity contribution < 1.29 is 4.79 Å². The molecule has 6 heteroatoms. The first-order valence-corrected chi connectivity index (χ1v) is 7.03. The van der Waals surface area contributed by atoms with Gasteiger partial charge in [-0.25, -0.2) is 0 Å². The molecule has 0 saturated carbocycles. The van der Waals surface area contributed by atoms with Gasteiger partial charge in [0.05, 0.1) is 0 Å². The van der Waals surface area contributed by atoms with Crippen molar-refractivity contribution in [2.45, 2.75) is 26.2 Å². The summed E-state index contributed by atoms with van der Waals surface area (Å²) in [5, 5.41) is 2.98. The van der Waals surface area contributed by atoms with E-state index in [-0.39, 0.29) is 30.7 Å². The quantitative estimate of drug-likeness (QED) is 0.833. The van der Waals surface area contributed by atoms with Crippen molar-refractivity contribution in [2.24, 2.45) is 0 Å². The Labute approximate surface area is 139 Å². The second-order valence-electron chi connectivity index (χ2n) is 5.23. The molecule has 2 rings (SSSR count). The number of amides is 1. The van der Waals surface area contributed by atoms with Gasteiger partial charge in [-0.05, 0) is 50.6 Å². The molecule has 1 amide bonds. The lowest BCUT2D eigenvalue weighted by molar-refractivity contribution is 0.0946. The zero-order valence-electron chi connectivity index (χ0n) is 12.4. The van der Waals surface area contributed by atoms with Crippen molar-refractivity contribution in [1.29, 1.82) is 0 Å². The van der Waals surface area contributed by atoms with E-state index >= 15 is 0 Å². The standard InChI is InChI=1S/C15H23N3O.2ClH/c1-12-5-6-13(16)11-14(12)15(19)17-7-10-18-8-3-2-4-9-18;;/h5-6,11H,2-4,7-10,16H2,1H3,(H,17,19);2*1H. The largest absolute Gasteiger partial charge is 0.399 e. The Morgan fingerprint density at radius 1 is 1.24 bits per heavy atom. The van der Waals surface area contributed by atoms with Gasteiger partial charge in [-0.1, -0.05) is 12.5 Å². The van der Waals surface area contributed by atoms with Gasteiger partial charge in [0.25, 0.3) is 5.91 Å². The maximum Gasteiger partial charge on any atom is 0.251 e. The molecular formula is C15H25Cl2N3O. The van der Waals surface area contributed by atoms with Crippen LogP contribution in [0, 0.1) is 6.92 Å². The van der Waals surface area contributed by atoms with E-state index < -0.39 is 0 Å². The summed E-state index contributed by atoms with van der Waals surface area (Å²) in [5.41, 5.74) is 8.00. The van der Waals surface area contributed by atoms with Crippen molar-refractivity contribution in [1.82, 2.24) is 10.2 Å². The van der Waals surface area contributed by atoms with Crippen molar-refractivity contribution in [3.63, 3.8) is 0 Å². The fourth-order valence-corrected chi connectivity index (χ4v) is 2.49. The molecule has 4 nitrogen and oxygen atoms in total. The number of halogens is 2. The third kappa shape index (κ3) is 6.12. The number of nitrogens with one attached hydrogen (secondary N) is 1. The van der Waals surface area contributed by atoms with Crippen molar-refractivity contribution in [3.8, 4) is 0 Å². The van der Waals surface area contributed by atoms with Crippen LogP contribution >= 0.6 is 24.8 Å². The van der Waals surface area contributed by atoms with Gasteiger partial charge in [0.1, 0.15) is 0 Å². The summed E-state index contributed by atoms with van der Waals surface area (Å²) in [6, 6.07) is 5.44. The average Bonchev–Trinajstić information content (AvgIpc) is 2.42. The van der Waals surface area contributed by atoms with E-state index in [2.05, 4.69) is 10.2 Å². The van der Waals surface area contributed by atoms with Crippen molar-refractivity contribution in [2.75, 3.05) is 31.9 Å². The third-order valence-electron chi connectivity index (χ3n) is 3.67. The van der Waals surface area contributed by atoms with Crippen LogP contribution in [0.1, 0.15) is 35.2 Å². The molecule has 1 fully saturated rings. The van der Waals surface area contributed by atoms with Crippen LogP contribution in [0.4, 0.5) is 5.69 Å². The van der Waals surface area contributed by atoms with Gasteiger partial charge in [0, 0.05) is 24.3 Å². The molecule has 1 heterocycles. The monoisotopic (exact) mass is 333 g/mol. The molecule has 0 aliphatic carbocycles. The molecule has 0 unspecified atom stereocenters. The number of hydrogen-bond donors (Lipinski definition) is 2. The Kier molecular flexibility index (Phi) is 9.42. The van der Waals surface area contributed by atoms with E-state index in [0.717, 1.165) is 25.2 Å². The van der Waals surface area contributed by atoms with Gasteiger partial charge >= 0.3 is 0 Å². The van der Waals surface area contributed by atoms with E-state index in [0.29, 0.717) is 17.8 Å². The highest BCUT2D eigenvalue weighted by Crippen LogP contribution is 2.12. The predicted octanol–water partition coefficient (Wildman–Crippen LogP) is 2.64. The third-order valence-corrected chi connectivity index (χ3v) is 3.67. The Bertz CT molecular complexity index is 449. The molecule has 0 radical (unpaired) electrons. The number of nitrogens with zero attached hydrogens (tertiary/aromatic N) is 1. The average molecular weight is 334 g/mol. The summed E-state index contributed by atoms with van der Waals surface area (Å²) in [6.45, 7) is 5.89. The molecule has 0 atom stereocenters. The summed E-state index contributed by atoms with van der Waals surface area (Å²) >= 11 is 0. The van der Waals surface area contributed by atoms with E-state index in [1.807, 2.05) is 19.1 Å². The highest BCUT2D eigenvalue weighted by molar-refractivity contribution is 5.96. The summed E-state index contributed by atoms with van der Waals surface area (Å²) in [7, 11) is 0. The summed E-state index contributed by atoms with van der Waals surface area (Å²) < 4.78 is 0. The molecule has 1 aliphatic heterocycles. The second kappa shape index (κ2) is 9.87. The van der Waals surface area contributed by atoms with Gasteiger partial charge < -0.3 is 16.0 Å². The minimum atomic E-state index is -0.0261. The van der Waals surface area contributed by atoms with Crippen LogP contribution in [-0.2, 0) is 0 Å². The van der Waals surface area contributed by atoms with Crippen LogP contribution in [0.2, 0.25) is 0 Å². The first-order valence-electron chi connectivity index (χ1n) is 7.03. The molecule has 1 aromatic rings. The lowest BCUT2D eigenvalue weighted by Gasteiger charge is -2.26. The molecule has 1 aliphatic rings. The van der Waals surface area contributed by atoms with Gasteiger partial charge in [-0.2, -0.15) is 0 Å². The topological polar surface area (TPSA) is 58.4 Å². The SMILES string of the molecule is Cc1ccc(N)cc1C(=O)NCCN1CCCCC1.Cl.Cl. The normalized spacial score (nSPS) is 14.7. The Morgan fingerprint density at radius 2 is 1.90 bits per heavy atom. The smallest absolute Gasteiger partial charge is 0.251 e. The highest BCUT2D eigenvalue weighted by atomic mass is 35.5. The number of anilines is 1. The van der Waals surface area contributed by atoms with Crippen molar-refractivity contribution in [3.05, 3.63) is 29.3 Å². The maximum absolute atomic E-state index is 12.1. The molecule has 1 saturated heterocycles. The molecule has 0 aromatic heterocycles. The van der Waals surface area contributed by atoms with Crippen LogP contribution in [0.15, 0.2) is 18.2 Å². The van der Waals surface area contributed by atoms with Crippen LogP contribution in [-0.4, -0.2) is 37.0 Å². The zero-order valence-corrected chi connectivity index (χ0v) is 14.1. The lowest BCUT2D eigenvalue weighted by Crippen LogP contribution is -2.37. The first-order chi connectivity index (χ1) is 9.16. The fraction of sp³-hybridized carbons (Fsp3) is 0.533. The van der Waals surface area contributed by atoms with Gasteiger partial charge in [0.2, 0.25) is 0 Å². The number of nitrogens with two attached hydrogens (primary N) is 1. The summed E-state index contributed by atoms with van der Waals surface area (Å²) in [5.74, 6) is -0.0261. The first kappa shape index (κ1) is 20.0. The molecule has 1 aromatic carbocycles. The molecule has 0 spiro atoms. The van der Waals surface area contributed by atoms with Gasteiger partial charge in [-0.15, -0.1) is 24.8 Å². The van der Waals surface area contributed by atoms with Gasteiger partial charge in [0.15, 0.2) is 0 Å². The number of piperidine rings is 1. The van der Waals surface area contributed by atoms with E-state index in [9.17, 15) is 4.79 Å². The van der Waals surface area contributed by atoms with E-state index in [4.69, 9.17) is 5.73 Å². The number of aryl methyl sites for hydroxylation is 1. The second-order valence-corrected chi connectivity index (χ2v) is 5.23. The maximum atomic E-state index is 12.1. The van der Waals surface area contributed by atoms with Crippen LogP contribution in [0.3, 0.4) is 0 Å². The number of hydrogen-bond acceptors (Lipinski definition) is 3. The Morgan fingerprint density at radius 3 is 2.57 bits per heavy atom. The fourth-order valence-electron chi connectivity index (χ4n) is 2.49. The number of carbonyl (C=O) groups excluding carboxylic acids is 1. The van der Waals surface area contributed by atoms with Crippen LogP contribution in [0.25, 0.3) is 0 Å². The molecule has 0 bridgehead atoms. The Hall–Kier alpha value is -0.970. The van der Waals surface area contributed by atoms with Crippen LogP contribution < -0.4 is 11.1 Å². The Balaban J connectivity index is 0.00000200. The predicted molar refractivity (Wildman–Crippen MR) is 92.7 cm³/mol. The number of nitrogen functional groups attached to an aromatic ring is 1. The molecular weight excluding hydrogens is 309 g/mol. The molecule has 21 heavy (non-hydrogen) atoms. The summed E-state index contributed by atoms with van der Waals surface area (Å²) in [6.07, 6.45) is 3.90. The highest BCUT2D eigenvalue weighted by Gasteiger charge is 2.12. The zero-order chi connectivity index (χ0) is 13.7. The van der Waals surface area contributed by atoms with E-state index in [1.54, 1.807) is 6.07 Å². The number of rotatable bonds is 4. The van der Waals surface area contributed by atoms with Crippen LogP contribution in [0.5, 0.6) is 0 Å². The lowest BCUT2D eigenvalue weighted by atomic mass is 10.1. The number of likely N-dealkylation sites (tertiary alicyclic amines) is 1. The van der Waals surface area contributed by atoms with Crippen molar-refractivity contribution >= 4 is 36.4 Å². The summed E-state index contributed by atoms with van der Waals surface area (Å²) in [4.78, 5) is 14.5. The van der Waals surface area contributed by atoms with E-state index in [1.165, 1.54) is 19.3 Å². The number of benzene rings is 1. The minimum Gasteiger partial charge on any atom is -0.399 e. The van der Waals surface area contributed by atoms with Gasteiger partial charge in [-0.3, -0.25) is 4.79 Å². The number of carbonyl (C=O) groups is 1. The molecule has 120 valence electrons.